The molecule has 0 atom stereocenters. The topological polar surface area (TPSA) is 44.2 Å². The summed E-state index contributed by atoms with van der Waals surface area (Å²) < 4.78 is 11.6. The number of ether oxygens (including phenoxy) is 2. The SMILES string of the molecule is c1ccc(Oc2ncccc2OCCCc2cccnc2)cc1. The van der Waals surface area contributed by atoms with Crippen LogP contribution in [-0.4, -0.2) is 16.6 Å². The zero-order valence-corrected chi connectivity index (χ0v) is 12.8. The van der Waals surface area contributed by atoms with E-state index in [1.165, 1.54) is 5.56 Å². The quantitative estimate of drug-likeness (QED) is 0.611. The van der Waals surface area contributed by atoms with Gasteiger partial charge in [-0.05, 0) is 48.7 Å². The Morgan fingerprint density at radius 1 is 0.870 bits per heavy atom. The molecule has 0 N–H and O–H groups in total. The molecule has 3 aromatic rings. The van der Waals surface area contributed by atoms with Crippen LogP contribution in [0.1, 0.15) is 12.0 Å². The molecule has 0 spiro atoms. The van der Waals surface area contributed by atoms with E-state index in [2.05, 4.69) is 16.0 Å². The van der Waals surface area contributed by atoms with Crippen LogP contribution >= 0.6 is 0 Å². The van der Waals surface area contributed by atoms with E-state index < -0.39 is 0 Å². The highest BCUT2D eigenvalue weighted by molar-refractivity contribution is 5.36. The average molecular weight is 306 g/mol. The molecule has 0 saturated carbocycles. The van der Waals surface area contributed by atoms with Gasteiger partial charge >= 0.3 is 0 Å². The fourth-order valence-corrected chi connectivity index (χ4v) is 2.17. The number of aromatic nitrogens is 2. The van der Waals surface area contributed by atoms with Gasteiger partial charge in [0.05, 0.1) is 6.61 Å². The molecule has 23 heavy (non-hydrogen) atoms. The predicted octanol–water partition coefficient (Wildman–Crippen LogP) is 4.28. The maximum absolute atomic E-state index is 5.82. The first kappa shape index (κ1) is 15.0. The zero-order valence-electron chi connectivity index (χ0n) is 12.8. The highest BCUT2D eigenvalue weighted by Crippen LogP contribution is 2.28. The van der Waals surface area contributed by atoms with Gasteiger partial charge in [0.1, 0.15) is 5.75 Å². The number of nitrogens with zero attached hydrogens (tertiary/aromatic N) is 2. The third kappa shape index (κ3) is 4.54. The molecule has 0 aliphatic carbocycles. The molecule has 2 heterocycles. The molecule has 0 aliphatic heterocycles. The molecule has 116 valence electrons. The van der Waals surface area contributed by atoms with Crippen LogP contribution in [0.3, 0.4) is 0 Å². The maximum atomic E-state index is 5.82. The van der Waals surface area contributed by atoms with Crippen molar-refractivity contribution in [1.29, 1.82) is 0 Å². The van der Waals surface area contributed by atoms with Gasteiger partial charge in [0.25, 0.3) is 5.88 Å². The van der Waals surface area contributed by atoms with Gasteiger partial charge in [0.15, 0.2) is 5.75 Å². The van der Waals surface area contributed by atoms with Crippen molar-refractivity contribution >= 4 is 0 Å². The van der Waals surface area contributed by atoms with E-state index in [1.54, 1.807) is 12.4 Å². The van der Waals surface area contributed by atoms with Gasteiger partial charge in [-0.15, -0.1) is 0 Å². The Balaban J connectivity index is 1.55. The van der Waals surface area contributed by atoms with Crippen LogP contribution in [0.4, 0.5) is 0 Å². The Morgan fingerprint density at radius 3 is 2.57 bits per heavy atom. The van der Waals surface area contributed by atoms with Gasteiger partial charge in [-0.2, -0.15) is 0 Å². The predicted molar refractivity (Wildman–Crippen MR) is 88.8 cm³/mol. The first-order valence-corrected chi connectivity index (χ1v) is 7.61. The highest BCUT2D eigenvalue weighted by atomic mass is 16.5. The summed E-state index contributed by atoms with van der Waals surface area (Å²) in [6.07, 6.45) is 7.20. The molecule has 0 aliphatic rings. The Bertz CT molecular complexity index is 718. The lowest BCUT2D eigenvalue weighted by molar-refractivity contribution is 0.293. The van der Waals surface area contributed by atoms with Crippen LogP contribution < -0.4 is 9.47 Å². The lowest BCUT2D eigenvalue weighted by Gasteiger charge is -2.11. The summed E-state index contributed by atoms with van der Waals surface area (Å²) in [7, 11) is 0. The number of benzene rings is 1. The molecule has 3 rings (SSSR count). The molecule has 1 aromatic carbocycles. The van der Waals surface area contributed by atoms with Gasteiger partial charge in [-0.3, -0.25) is 4.98 Å². The fourth-order valence-electron chi connectivity index (χ4n) is 2.17. The van der Waals surface area contributed by atoms with Crippen LogP contribution in [0.5, 0.6) is 17.4 Å². The second-order valence-corrected chi connectivity index (χ2v) is 5.04. The number of rotatable bonds is 7. The summed E-state index contributed by atoms with van der Waals surface area (Å²) in [4.78, 5) is 8.37. The Kier molecular flexibility index (Phi) is 5.19. The average Bonchev–Trinajstić information content (AvgIpc) is 2.62. The van der Waals surface area contributed by atoms with E-state index in [4.69, 9.17) is 9.47 Å². The summed E-state index contributed by atoms with van der Waals surface area (Å²) >= 11 is 0. The highest BCUT2D eigenvalue weighted by Gasteiger charge is 2.07. The Morgan fingerprint density at radius 2 is 1.74 bits per heavy atom. The first-order valence-electron chi connectivity index (χ1n) is 7.61. The van der Waals surface area contributed by atoms with E-state index in [-0.39, 0.29) is 0 Å². The van der Waals surface area contributed by atoms with Gasteiger partial charge in [-0.1, -0.05) is 24.3 Å². The number of aryl methyl sites for hydroxylation is 1. The molecule has 0 unspecified atom stereocenters. The molecule has 4 nitrogen and oxygen atoms in total. The van der Waals surface area contributed by atoms with Crippen LogP contribution in [0, 0.1) is 0 Å². The maximum Gasteiger partial charge on any atom is 0.262 e. The van der Waals surface area contributed by atoms with E-state index in [0.29, 0.717) is 18.2 Å². The summed E-state index contributed by atoms with van der Waals surface area (Å²) in [5, 5.41) is 0. The normalized spacial score (nSPS) is 10.3. The second-order valence-electron chi connectivity index (χ2n) is 5.04. The number of hydrogen-bond donors (Lipinski definition) is 0. The molecule has 0 fully saturated rings. The van der Waals surface area contributed by atoms with Crippen molar-refractivity contribution in [3.05, 3.63) is 78.8 Å². The van der Waals surface area contributed by atoms with Crippen molar-refractivity contribution in [2.75, 3.05) is 6.61 Å². The van der Waals surface area contributed by atoms with E-state index in [9.17, 15) is 0 Å². The summed E-state index contributed by atoms with van der Waals surface area (Å²) in [5.41, 5.74) is 1.21. The largest absolute Gasteiger partial charge is 0.488 e. The van der Waals surface area contributed by atoms with Crippen molar-refractivity contribution in [3.8, 4) is 17.4 Å². The van der Waals surface area contributed by atoms with Crippen molar-refractivity contribution < 1.29 is 9.47 Å². The van der Waals surface area contributed by atoms with Crippen molar-refractivity contribution in [3.63, 3.8) is 0 Å². The minimum atomic E-state index is 0.486. The van der Waals surface area contributed by atoms with Gasteiger partial charge in [-0.25, -0.2) is 4.98 Å². The molecule has 0 bridgehead atoms. The summed E-state index contributed by atoms with van der Waals surface area (Å²) in [6.45, 7) is 0.603. The Labute approximate surface area is 135 Å². The zero-order chi connectivity index (χ0) is 15.7. The first-order chi connectivity index (χ1) is 11.4. The van der Waals surface area contributed by atoms with Crippen LogP contribution in [0.15, 0.2) is 73.2 Å². The molecular formula is C19H18N2O2. The lowest BCUT2D eigenvalue weighted by atomic mass is 10.2. The lowest BCUT2D eigenvalue weighted by Crippen LogP contribution is -2.01. The van der Waals surface area contributed by atoms with Gasteiger partial charge in [0.2, 0.25) is 0 Å². The minimum Gasteiger partial charge on any atom is -0.488 e. The van der Waals surface area contributed by atoms with E-state index in [1.807, 2.05) is 54.7 Å². The van der Waals surface area contributed by atoms with Gasteiger partial charge in [0, 0.05) is 18.6 Å². The summed E-state index contributed by atoms with van der Waals surface area (Å²) in [5.74, 6) is 1.88. The molecule has 4 heteroatoms. The third-order valence-electron chi connectivity index (χ3n) is 3.28. The van der Waals surface area contributed by atoms with Gasteiger partial charge < -0.3 is 9.47 Å². The minimum absolute atomic E-state index is 0.486. The standard InChI is InChI=1S/C19H18N2O2/c1-2-9-17(10-3-1)23-19-18(11-5-13-21-19)22-14-6-8-16-7-4-12-20-15-16/h1-5,7,9-13,15H,6,8,14H2. The molecular weight excluding hydrogens is 288 g/mol. The van der Waals surface area contributed by atoms with Crippen LogP contribution in [-0.2, 0) is 6.42 Å². The van der Waals surface area contributed by atoms with Crippen molar-refractivity contribution in [2.45, 2.75) is 12.8 Å². The Hall–Kier alpha value is -2.88. The monoisotopic (exact) mass is 306 g/mol. The number of pyridine rings is 2. The van der Waals surface area contributed by atoms with Crippen LogP contribution in [0.2, 0.25) is 0 Å². The van der Waals surface area contributed by atoms with Crippen molar-refractivity contribution in [1.82, 2.24) is 9.97 Å². The summed E-state index contributed by atoms with van der Waals surface area (Å²) in [6, 6.07) is 17.3. The molecule has 0 radical (unpaired) electrons. The van der Waals surface area contributed by atoms with Crippen LogP contribution in [0.25, 0.3) is 0 Å². The molecule has 2 aromatic heterocycles. The molecule has 0 saturated heterocycles. The van der Waals surface area contributed by atoms with E-state index >= 15 is 0 Å². The third-order valence-corrected chi connectivity index (χ3v) is 3.28. The van der Waals surface area contributed by atoms with E-state index in [0.717, 1.165) is 18.6 Å². The van der Waals surface area contributed by atoms with Crippen molar-refractivity contribution in [2.24, 2.45) is 0 Å². The number of para-hydroxylation sites is 1. The number of hydrogen-bond acceptors (Lipinski definition) is 4. The fraction of sp³-hybridized carbons (Fsp3) is 0.158. The second kappa shape index (κ2) is 7.94. The smallest absolute Gasteiger partial charge is 0.262 e. The molecule has 0 amide bonds.